The summed E-state index contributed by atoms with van der Waals surface area (Å²) in [4.78, 5) is 14.7. The molecule has 6 nitrogen and oxygen atoms in total. The van der Waals surface area contributed by atoms with Crippen molar-refractivity contribution in [2.45, 2.75) is 38.8 Å². The fraction of sp³-hybridized carbons (Fsp3) is 0.529. The summed E-state index contributed by atoms with van der Waals surface area (Å²) >= 11 is 0. The summed E-state index contributed by atoms with van der Waals surface area (Å²) in [6, 6.07) is 5.81. The van der Waals surface area contributed by atoms with Crippen LogP contribution >= 0.6 is 0 Å². The van der Waals surface area contributed by atoms with Crippen molar-refractivity contribution in [1.29, 1.82) is 0 Å². The van der Waals surface area contributed by atoms with Gasteiger partial charge in [0.1, 0.15) is 5.54 Å². The average Bonchev–Trinajstić information content (AvgIpc) is 3.21. The number of aryl methyl sites for hydroxylation is 1. The lowest BCUT2D eigenvalue weighted by Crippen LogP contribution is -2.46. The van der Waals surface area contributed by atoms with Gasteiger partial charge in [-0.05, 0) is 45.4 Å². The zero-order valence-electron chi connectivity index (χ0n) is 13.9. The maximum absolute atomic E-state index is 12.9. The second-order valence-corrected chi connectivity index (χ2v) is 6.93. The summed E-state index contributed by atoms with van der Waals surface area (Å²) in [5, 5.41) is 17.5. The molecule has 0 aromatic carbocycles. The van der Waals surface area contributed by atoms with Crippen molar-refractivity contribution < 1.29 is 9.90 Å². The third kappa shape index (κ3) is 3.03. The molecule has 2 N–H and O–H groups in total. The molecule has 0 radical (unpaired) electrons. The Bertz CT molecular complexity index is 675. The van der Waals surface area contributed by atoms with Crippen LogP contribution in [-0.4, -0.2) is 49.9 Å². The third-order valence-electron chi connectivity index (χ3n) is 4.70. The summed E-state index contributed by atoms with van der Waals surface area (Å²) in [7, 11) is 0. The smallest absolute Gasteiger partial charge is 0.248 e. The number of rotatable bonds is 4. The van der Waals surface area contributed by atoms with Crippen molar-refractivity contribution >= 4 is 5.91 Å². The minimum absolute atomic E-state index is 0.0297. The Morgan fingerprint density at radius 2 is 2.09 bits per heavy atom. The monoisotopic (exact) mass is 316 g/mol. The highest BCUT2D eigenvalue weighted by Crippen LogP contribution is 2.26. The van der Waals surface area contributed by atoms with Gasteiger partial charge in [-0.1, -0.05) is 0 Å². The molecular weight excluding hydrogens is 292 g/mol. The van der Waals surface area contributed by atoms with Crippen LogP contribution in [-0.2, 0) is 16.8 Å². The third-order valence-corrected chi connectivity index (χ3v) is 4.70. The largest absolute Gasteiger partial charge is 0.391 e. The molecule has 0 aliphatic carbocycles. The lowest BCUT2D eigenvalue weighted by molar-refractivity contribution is -0.138. The molecule has 2 aromatic heterocycles. The summed E-state index contributed by atoms with van der Waals surface area (Å²) in [5.41, 5.74) is 1.29. The summed E-state index contributed by atoms with van der Waals surface area (Å²) < 4.78 is 1.91. The fourth-order valence-electron chi connectivity index (χ4n) is 3.27. The zero-order valence-corrected chi connectivity index (χ0v) is 13.9. The molecule has 1 aliphatic heterocycles. The van der Waals surface area contributed by atoms with Gasteiger partial charge in [-0.15, -0.1) is 0 Å². The van der Waals surface area contributed by atoms with Crippen LogP contribution in [0.15, 0.2) is 30.6 Å². The minimum atomic E-state index is -0.652. The topological polar surface area (TPSA) is 74.2 Å². The van der Waals surface area contributed by atoms with E-state index >= 15 is 0 Å². The van der Waals surface area contributed by atoms with Crippen LogP contribution in [0.3, 0.4) is 0 Å². The van der Waals surface area contributed by atoms with Gasteiger partial charge >= 0.3 is 0 Å². The SMILES string of the molecule is Cc1cc(C[C@@H]2CN(C(=O)C(C)(C)n3cccc3)C[C@H]2O)n[nH]1. The number of nitrogens with one attached hydrogen (secondary N) is 1. The molecule has 1 aliphatic rings. The predicted molar refractivity (Wildman–Crippen MR) is 86.9 cm³/mol. The van der Waals surface area contributed by atoms with Gasteiger partial charge in [0, 0.05) is 37.1 Å². The molecule has 3 rings (SSSR count). The minimum Gasteiger partial charge on any atom is -0.391 e. The number of amides is 1. The van der Waals surface area contributed by atoms with Crippen molar-refractivity contribution in [3.05, 3.63) is 42.0 Å². The van der Waals surface area contributed by atoms with E-state index < -0.39 is 11.6 Å². The second-order valence-electron chi connectivity index (χ2n) is 6.93. The highest BCUT2D eigenvalue weighted by molar-refractivity contribution is 5.84. The molecule has 0 bridgehead atoms. The van der Waals surface area contributed by atoms with E-state index in [0.29, 0.717) is 19.5 Å². The number of hydrogen-bond acceptors (Lipinski definition) is 3. The van der Waals surface area contributed by atoms with Gasteiger partial charge in [-0.2, -0.15) is 5.10 Å². The molecule has 0 unspecified atom stereocenters. The summed E-state index contributed by atoms with van der Waals surface area (Å²) in [5.74, 6) is 0.0653. The van der Waals surface area contributed by atoms with Crippen molar-refractivity contribution in [1.82, 2.24) is 19.7 Å². The van der Waals surface area contributed by atoms with Crippen molar-refractivity contribution in [2.75, 3.05) is 13.1 Å². The number of aromatic nitrogens is 3. The van der Waals surface area contributed by atoms with Crippen LogP contribution in [0.5, 0.6) is 0 Å². The molecule has 124 valence electrons. The van der Waals surface area contributed by atoms with Gasteiger partial charge in [0.25, 0.3) is 0 Å². The first kappa shape index (κ1) is 15.8. The highest BCUT2D eigenvalue weighted by atomic mass is 16.3. The molecule has 1 fully saturated rings. The van der Waals surface area contributed by atoms with E-state index in [0.717, 1.165) is 11.4 Å². The quantitative estimate of drug-likeness (QED) is 0.893. The maximum atomic E-state index is 12.9. The molecule has 0 saturated carbocycles. The Labute approximate surface area is 136 Å². The number of H-pyrrole nitrogens is 1. The molecule has 2 atom stereocenters. The van der Waals surface area contributed by atoms with E-state index in [2.05, 4.69) is 10.2 Å². The van der Waals surface area contributed by atoms with Gasteiger partial charge in [0.05, 0.1) is 11.8 Å². The van der Waals surface area contributed by atoms with Gasteiger partial charge in [0.15, 0.2) is 0 Å². The van der Waals surface area contributed by atoms with Crippen LogP contribution in [0, 0.1) is 12.8 Å². The summed E-state index contributed by atoms with van der Waals surface area (Å²) in [6.45, 7) is 6.73. The normalized spacial score (nSPS) is 21.8. The molecule has 3 heterocycles. The van der Waals surface area contributed by atoms with Gasteiger partial charge in [-0.3, -0.25) is 9.89 Å². The number of hydrogen-bond donors (Lipinski definition) is 2. The van der Waals surface area contributed by atoms with Crippen LogP contribution in [0.1, 0.15) is 25.2 Å². The number of likely N-dealkylation sites (tertiary alicyclic amines) is 1. The molecule has 1 amide bonds. The number of aliphatic hydroxyl groups excluding tert-OH is 1. The fourth-order valence-corrected chi connectivity index (χ4v) is 3.27. The van der Waals surface area contributed by atoms with Crippen LogP contribution in [0.25, 0.3) is 0 Å². The van der Waals surface area contributed by atoms with Crippen LogP contribution in [0.2, 0.25) is 0 Å². The zero-order chi connectivity index (χ0) is 16.6. The van der Waals surface area contributed by atoms with Crippen molar-refractivity contribution in [3.63, 3.8) is 0 Å². The van der Waals surface area contributed by atoms with E-state index in [1.807, 2.05) is 55.9 Å². The first-order chi connectivity index (χ1) is 10.9. The molecule has 2 aromatic rings. The molecule has 23 heavy (non-hydrogen) atoms. The second kappa shape index (κ2) is 5.85. The number of aromatic amines is 1. The number of aliphatic hydroxyl groups is 1. The highest BCUT2D eigenvalue weighted by Gasteiger charge is 2.40. The van der Waals surface area contributed by atoms with E-state index in [4.69, 9.17) is 0 Å². The number of carbonyl (C=O) groups is 1. The predicted octanol–water partition coefficient (Wildman–Crippen LogP) is 1.32. The molecule has 0 spiro atoms. The Kier molecular flexibility index (Phi) is 4.02. The van der Waals surface area contributed by atoms with Crippen LogP contribution in [0.4, 0.5) is 0 Å². The van der Waals surface area contributed by atoms with Crippen LogP contribution < -0.4 is 0 Å². The van der Waals surface area contributed by atoms with Crippen molar-refractivity contribution in [3.8, 4) is 0 Å². The van der Waals surface area contributed by atoms with E-state index in [1.165, 1.54) is 0 Å². The van der Waals surface area contributed by atoms with Crippen molar-refractivity contribution in [2.24, 2.45) is 5.92 Å². The Morgan fingerprint density at radius 1 is 1.39 bits per heavy atom. The molecular formula is C17H24N4O2. The first-order valence-corrected chi connectivity index (χ1v) is 7.99. The van der Waals surface area contributed by atoms with E-state index in [1.54, 1.807) is 4.90 Å². The molecule has 6 heteroatoms. The average molecular weight is 316 g/mol. The van der Waals surface area contributed by atoms with Gasteiger partial charge in [0.2, 0.25) is 5.91 Å². The molecule has 1 saturated heterocycles. The van der Waals surface area contributed by atoms with Gasteiger partial charge < -0.3 is 14.6 Å². The van der Waals surface area contributed by atoms with Gasteiger partial charge in [-0.25, -0.2) is 0 Å². The Morgan fingerprint density at radius 3 is 2.70 bits per heavy atom. The summed E-state index contributed by atoms with van der Waals surface area (Å²) in [6.07, 6.45) is 3.97. The van der Waals surface area contributed by atoms with E-state index in [9.17, 15) is 9.90 Å². The Balaban J connectivity index is 1.69. The first-order valence-electron chi connectivity index (χ1n) is 7.99. The lowest BCUT2D eigenvalue weighted by Gasteiger charge is -2.30. The lowest BCUT2D eigenvalue weighted by atomic mass is 10.00. The number of nitrogens with zero attached hydrogens (tertiary/aromatic N) is 3. The Hall–Kier alpha value is -2.08. The number of β-amino-alcohol motifs (C(OH)–C–C–N with tert-alkyl or cyclic N) is 1. The maximum Gasteiger partial charge on any atom is 0.248 e. The standard InChI is InChI=1S/C17H24N4O2/c1-12-8-14(19-18-12)9-13-10-20(11-15(13)22)16(23)17(2,3)21-6-4-5-7-21/h4-8,13,15,22H,9-11H2,1-3H3,(H,18,19)/t13-,15-/m1/s1. The number of carbonyl (C=O) groups excluding carboxylic acids is 1. The van der Waals surface area contributed by atoms with E-state index in [-0.39, 0.29) is 11.8 Å².